The second kappa shape index (κ2) is 7.54. The third-order valence-corrected chi connectivity index (χ3v) is 8.15. The van der Waals surface area contributed by atoms with Gasteiger partial charge in [0.15, 0.2) is 0 Å². The molecule has 0 aromatic heterocycles. The first-order valence-electron chi connectivity index (χ1n) is 11.6. The Balaban J connectivity index is 1.68. The predicted molar refractivity (Wildman–Crippen MR) is 129 cm³/mol. The Kier molecular flexibility index (Phi) is 4.72. The molecule has 2 spiro atoms. The highest BCUT2D eigenvalue weighted by molar-refractivity contribution is 6.31. The molecule has 3 aliphatic rings. The molecule has 3 aromatic rings. The SMILES string of the molecule is O=C1Nc2ccc(Cl)cc2C12NC(c1ccccc1)C(c1ccccc1)C21CCCCC1=O. The van der Waals surface area contributed by atoms with Crippen LogP contribution in [0, 0.1) is 5.41 Å². The third-order valence-electron chi connectivity index (χ3n) is 7.92. The molecule has 1 saturated carbocycles. The first-order valence-corrected chi connectivity index (χ1v) is 12.0. The Morgan fingerprint density at radius 2 is 1.55 bits per heavy atom. The van der Waals surface area contributed by atoms with Gasteiger partial charge in [0.25, 0.3) is 0 Å². The maximum Gasteiger partial charge on any atom is 0.250 e. The highest BCUT2D eigenvalue weighted by Gasteiger charge is 2.73. The summed E-state index contributed by atoms with van der Waals surface area (Å²) in [6.07, 6.45) is 2.90. The molecule has 4 unspecified atom stereocenters. The van der Waals surface area contributed by atoms with Crippen LogP contribution >= 0.6 is 11.6 Å². The average molecular weight is 457 g/mol. The minimum Gasteiger partial charge on any atom is -0.324 e. The molecule has 1 saturated heterocycles. The minimum absolute atomic E-state index is 0.158. The predicted octanol–water partition coefficient (Wildman–Crippen LogP) is 5.75. The Bertz CT molecular complexity index is 1250. The zero-order valence-electron chi connectivity index (χ0n) is 18.2. The van der Waals surface area contributed by atoms with E-state index < -0.39 is 11.0 Å². The van der Waals surface area contributed by atoms with Crippen LogP contribution in [0.4, 0.5) is 5.69 Å². The van der Waals surface area contributed by atoms with Crippen molar-refractivity contribution in [2.24, 2.45) is 5.41 Å². The van der Waals surface area contributed by atoms with Crippen molar-refractivity contribution >= 4 is 29.0 Å². The molecule has 6 rings (SSSR count). The molecule has 2 heterocycles. The molecule has 1 aliphatic carbocycles. The lowest BCUT2D eigenvalue weighted by atomic mass is 9.53. The number of amides is 1. The van der Waals surface area contributed by atoms with E-state index in [0.717, 1.165) is 35.2 Å². The molecule has 2 N–H and O–H groups in total. The third kappa shape index (κ3) is 2.74. The van der Waals surface area contributed by atoms with Gasteiger partial charge in [0, 0.05) is 34.7 Å². The quantitative estimate of drug-likeness (QED) is 0.516. The number of halogens is 1. The summed E-state index contributed by atoms with van der Waals surface area (Å²) >= 11 is 6.45. The van der Waals surface area contributed by atoms with E-state index in [0.29, 0.717) is 17.9 Å². The van der Waals surface area contributed by atoms with Crippen LogP contribution in [0.25, 0.3) is 0 Å². The molecule has 5 heteroatoms. The number of ketones is 1. The van der Waals surface area contributed by atoms with Crippen LogP contribution in [0.2, 0.25) is 5.02 Å². The zero-order chi connectivity index (χ0) is 22.6. The van der Waals surface area contributed by atoms with Gasteiger partial charge in [-0.15, -0.1) is 0 Å². The lowest BCUT2D eigenvalue weighted by molar-refractivity contribution is -0.143. The van der Waals surface area contributed by atoms with E-state index in [-0.39, 0.29) is 23.7 Å². The number of fused-ring (bicyclic) bond motifs is 3. The normalized spacial score (nSPS) is 30.6. The number of anilines is 1. The number of hydrogen-bond donors (Lipinski definition) is 2. The molecule has 4 nitrogen and oxygen atoms in total. The molecule has 2 fully saturated rings. The van der Waals surface area contributed by atoms with Gasteiger partial charge >= 0.3 is 0 Å². The van der Waals surface area contributed by atoms with Gasteiger partial charge in [-0.05, 0) is 42.2 Å². The lowest BCUT2D eigenvalue weighted by Crippen LogP contribution is -2.59. The van der Waals surface area contributed by atoms with E-state index in [4.69, 9.17) is 11.6 Å². The van der Waals surface area contributed by atoms with Crippen molar-refractivity contribution < 1.29 is 9.59 Å². The van der Waals surface area contributed by atoms with Gasteiger partial charge in [-0.3, -0.25) is 14.9 Å². The summed E-state index contributed by atoms with van der Waals surface area (Å²) in [6.45, 7) is 0. The van der Waals surface area contributed by atoms with E-state index in [1.807, 2.05) is 48.5 Å². The van der Waals surface area contributed by atoms with Gasteiger partial charge in [0.2, 0.25) is 5.91 Å². The number of carbonyl (C=O) groups excluding carboxylic acids is 2. The first kappa shape index (κ1) is 20.6. The molecule has 0 bridgehead atoms. The number of rotatable bonds is 2. The van der Waals surface area contributed by atoms with Gasteiger partial charge in [-0.2, -0.15) is 0 Å². The van der Waals surface area contributed by atoms with Gasteiger partial charge in [0.1, 0.15) is 11.3 Å². The monoisotopic (exact) mass is 456 g/mol. The molecule has 2 aliphatic heterocycles. The fraction of sp³-hybridized carbons (Fsp3) is 0.286. The van der Waals surface area contributed by atoms with Gasteiger partial charge in [-0.1, -0.05) is 78.7 Å². The van der Waals surface area contributed by atoms with E-state index in [9.17, 15) is 9.59 Å². The fourth-order valence-electron chi connectivity index (χ4n) is 6.67. The maximum absolute atomic E-state index is 14.1. The topological polar surface area (TPSA) is 58.2 Å². The average Bonchev–Trinajstić information content (AvgIpc) is 3.30. The summed E-state index contributed by atoms with van der Waals surface area (Å²) in [7, 11) is 0. The number of hydrogen-bond acceptors (Lipinski definition) is 3. The summed E-state index contributed by atoms with van der Waals surface area (Å²) in [5, 5.41) is 7.40. The van der Waals surface area contributed by atoms with Gasteiger partial charge in [-0.25, -0.2) is 0 Å². The van der Waals surface area contributed by atoms with Crippen LogP contribution in [0.15, 0.2) is 78.9 Å². The van der Waals surface area contributed by atoms with Crippen LogP contribution in [0.1, 0.15) is 54.3 Å². The highest BCUT2D eigenvalue weighted by Crippen LogP contribution is 2.67. The zero-order valence-corrected chi connectivity index (χ0v) is 18.9. The largest absolute Gasteiger partial charge is 0.324 e. The summed E-state index contributed by atoms with van der Waals surface area (Å²) in [5.74, 6) is -0.185. The Morgan fingerprint density at radius 3 is 2.24 bits per heavy atom. The van der Waals surface area contributed by atoms with Crippen molar-refractivity contribution in [3.63, 3.8) is 0 Å². The molecule has 0 radical (unpaired) electrons. The molecule has 166 valence electrons. The molecule has 1 amide bonds. The maximum atomic E-state index is 14.1. The van der Waals surface area contributed by atoms with Gasteiger partial charge < -0.3 is 5.32 Å². The second-order valence-corrected chi connectivity index (χ2v) is 9.85. The Labute approximate surface area is 198 Å². The van der Waals surface area contributed by atoms with Crippen molar-refractivity contribution in [1.82, 2.24) is 5.32 Å². The van der Waals surface area contributed by atoms with Crippen molar-refractivity contribution in [3.05, 3.63) is 101 Å². The Hall–Kier alpha value is -2.95. The number of carbonyl (C=O) groups is 2. The summed E-state index contributed by atoms with van der Waals surface area (Å²) in [6, 6.07) is 25.7. The van der Waals surface area contributed by atoms with Crippen molar-refractivity contribution in [3.8, 4) is 0 Å². The van der Waals surface area contributed by atoms with Crippen LogP contribution < -0.4 is 10.6 Å². The van der Waals surface area contributed by atoms with Crippen LogP contribution in [-0.2, 0) is 15.1 Å². The molecular weight excluding hydrogens is 432 g/mol. The molecule has 3 aromatic carbocycles. The molecule has 4 atom stereocenters. The molecular formula is C28H25ClN2O2. The minimum atomic E-state index is -1.17. The number of Topliss-reactive ketones (excluding diaryl/α,β-unsaturated/α-hetero) is 1. The van der Waals surface area contributed by atoms with Crippen LogP contribution in [0.5, 0.6) is 0 Å². The van der Waals surface area contributed by atoms with E-state index in [1.165, 1.54) is 0 Å². The van der Waals surface area contributed by atoms with E-state index in [2.05, 4.69) is 34.9 Å². The lowest BCUT2D eigenvalue weighted by Gasteiger charge is -2.46. The van der Waals surface area contributed by atoms with E-state index in [1.54, 1.807) is 6.07 Å². The van der Waals surface area contributed by atoms with Gasteiger partial charge in [0.05, 0.1) is 5.41 Å². The number of benzene rings is 3. The highest BCUT2D eigenvalue weighted by atomic mass is 35.5. The smallest absolute Gasteiger partial charge is 0.250 e. The van der Waals surface area contributed by atoms with Crippen LogP contribution in [0.3, 0.4) is 0 Å². The van der Waals surface area contributed by atoms with Crippen molar-refractivity contribution in [2.75, 3.05) is 5.32 Å². The van der Waals surface area contributed by atoms with Crippen LogP contribution in [-0.4, -0.2) is 11.7 Å². The summed E-state index contributed by atoms with van der Waals surface area (Å²) in [4.78, 5) is 28.1. The first-order chi connectivity index (χ1) is 16.1. The number of nitrogens with one attached hydrogen (secondary N) is 2. The summed E-state index contributed by atoms with van der Waals surface area (Å²) < 4.78 is 0. The fourth-order valence-corrected chi connectivity index (χ4v) is 6.85. The van der Waals surface area contributed by atoms with Crippen molar-refractivity contribution in [1.29, 1.82) is 0 Å². The van der Waals surface area contributed by atoms with E-state index >= 15 is 0 Å². The summed E-state index contributed by atoms with van der Waals surface area (Å²) in [5.41, 5.74) is 1.59. The van der Waals surface area contributed by atoms with Crippen molar-refractivity contribution in [2.45, 2.75) is 43.2 Å². The second-order valence-electron chi connectivity index (χ2n) is 9.42. The standard InChI is InChI=1S/C28H25ClN2O2/c29-20-14-15-22-21(17-20)28(26(33)30-22)27(16-8-7-13-23(27)32)24(18-9-3-1-4-10-18)25(31-28)19-11-5-2-6-12-19/h1-6,9-12,14-15,17,24-25,31H,7-8,13,16H2,(H,30,33). The Morgan fingerprint density at radius 1 is 0.848 bits per heavy atom. The molecule has 33 heavy (non-hydrogen) atoms.